The Hall–Kier alpha value is -1.47. The van der Waals surface area contributed by atoms with Crippen LogP contribution in [0.4, 0.5) is 0 Å². The van der Waals surface area contributed by atoms with Crippen molar-refractivity contribution in [1.29, 1.82) is 0 Å². The third-order valence-electron chi connectivity index (χ3n) is 3.21. The van der Waals surface area contributed by atoms with E-state index in [1.807, 2.05) is 0 Å². The number of hydrogen-bond donors (Lipinski definition) is 1. The molecule has 0 radical (unpaired) electrons. The number of methoxy groups -OCH3 is 2. The van der Waals surface area contributed by atoms with Gasteiger partial charge in [0, 0.05) is 11.6 Å². The minimum absolute atomic E-state index is 0.124. The van der Waals surface area contributed by atoms with E-state index >= 15 is 0 Å². The molecule has 0 spiro atoms. The standard InChI is InChI=1S/C13H16ClNO5S/c1-19-9-3-8(4-10(5-9)20-2)13(16)15-12-7-21(17,18)6-11(12)14/h3-5,11-12H,6-7H2,1-2H3,(H,15,16)/t11-,12+/m1/s1. The molecule has 1 fully saturated rings. The minimum Gasteiger partial charge on any atom is -0.497 e. The topological polar surface area (TPSA) is 81.7 Å². The molecule has 0 aromatic heterocycles. The summed E-state index contributed by atoms with van der Waals surface area (Å²) in [6, 6.07) is 4.14. The fraction of sp³-hybridized carbons (Fsp3) is 0.462. The Labute approximate surface area is 128 Å². The maximum absolute atomic E-state index is 12.2. The Balaban J connectivity index is 2.17. The average Bonchev–Trinajstić information content (AvgIpc) is 2.70. The number of ether oxygens (including phenoxy) is 2. The van der Waals surface area contributed by atoms with E-state index in [0.717, 1.165) is 0 Å². The van der Waals surface area contributed by atoms with Crippen molar-refractivity contribution in [2.45, 2.75) is 11.4 Å². The van der Waals surface area contributed by atoms with Crippen molar-refractivity contribution in [1.82, 2.24) is 5.32 Å². The van der Waals surface area contributed by atoms with Gasteiger partial charge in [0.25, 0.3) is 5.91 Å². The van der Waals surface area contributed by atoms with Crippen molar-refractivity contribution in [2.24, 2.45) is 0 Å². The first-order valence-electron chi connectivity index (χ1n) is 6.23. The van der Waals surface area contributed by atoms with Gasteiger partial charge in [0.1, 0.15) is 11.5 Å². The second kappa shape index (κ2) is 6.11. The van der Waals surface area contributed by atoms with Gasteiger partial charge in [0.2, 0.25) is 0 Å². The minimum atomic E-state index is -3.19. The predicted octanol–water partition coefficient (Wildman–Crippen LogP) is 0.838. The summed E-state index contributed by atoms with van der Waals surface area (Å²) in [5.74, 6) is 0.261. The van der Waals surface area contributed by atoms with Crippen LogP contribution in [0.5, 0.6) is 11.5 Å². The van der Waals surface area contributed by atoms with E-state index in [1.165, 1.54) is 14.2 Å². The molecule has 0 bridgehead atoms. The van der Waals surface area contributed by atoms with Crippen LogP contribution in [-0.4, -0.2) is 51.5 Å². The molecule has 8 heteroatoms. The van der Waals surface area contributed by atoms with Gasteiger partial charge in [0.15, 0.2) is 9.84 Å². The smallest absolute Gasteiger partial charge is 0.251 e. The number of halogens is 1. The number of hydrogen-bond acceptors (Lipinski definition) is 5. The van der Waals surface area contributed by atoms with Crippen LogP contribution in [0.3, 0.4) is 0 Å². The van der Waals surface area contributed by atoms with Crippen LogP contribution < -0.4 is 14.8 Å². The van der Waals surface area contributed by atoms with E-state index in [-0.39, 0.29) is 11.5 Å². The van der Waals surface area contributed by atoms with Crippen LogP contribution in [0.2, 0.25) is 0 Å². The highest BCUT2D eigenvalue weighted by molar-refractivity contribution is 7.91. The molecule has 1 aliphatic rings. The molecular formula is C13H16ClNO5S. The fourth-order valence-corrected chi connectivity index (χ4v) is 4.68. The molecular weight excluding hydrogens is 318 g/mol. The monoisotopic (exact) mass is 333 g/mol. The summed E-state index contributed by atoms with van der Waals surface area (Å²) in [5, 5.41) is 2.02. The largest absolute Gasteiger partial charge is 0.497 e. The third-order valence-corrected chi connectivity index (χ3v) is 5.59. The highest BCUT2D eigenvalue weighted by Gasteiger charge is 2.37. The fourth-order valence-electron chi connectivity index (χ4n) is 2.13. The first kappa shape index (κ1) is 15.9. The second-order valence-electron chi connectivity index (χ2n) is 4.77. The first-order chi connectivity index (χ1) is 9.84. The SMILES string of the molecule is COc1cc(OC)cc(C(=O)N[C@H]2CS(=O)(=O)C[C@H]2Cl)c1. The summed E-state index contributed by atoms with van der Waals surface area (Å²) >= 11 is 5.97. The molecule has 21 heavy (non-hydrogen) atoms. The molecule has 0 saturated carbocycles. The zero-order chi connectivity index (χ0) is 15.6. The molecule has 116 valence electrons. The highest BCUT2D eigenvalue weighted by atomic mass is 35.5. The predicted molar refractivity (Wildman–Crippen MR) is 79.1 cm³/mol. The van der Waals surface area contributed by atoms with E-state index in [2.05, 4.69) is 5.32 Å². The van der Waals surface area contributed by atoms with E-state index < -0.39 is 27.2 Å². The van der Waals surface area contributed by atoms with Crippen LogP contribution in [0.25, 0.3) is 0 Å². The molecule has 1 saturated heterocycles. The van der Waals surface area contributed by atoms with Gasteiger partial charge in [0.05, 0.1) is 37.1 Å². The molecule has 2 atom stereocenters. The van der Waals surface area contributed by atoms with Crippen molar-refractivity contribution in [3.8, 4) is 11.5 Å². The molecule has 1 amide bonds. The summed E-state index contributed by atoms with van der Waals surface area (Å²) in [4.78, 5) is 12.2. The van der Waals surface area contributed by atoms with Crippen LogP contribution in [0.15, 0.2) is 18.2 Å². The lowest BCUT2D eigenvalue weighted by molar-refractivity contribution is 0.0941. The number of carbonyl (C=O) groups is 1. The summed E-state index contributed by atoms with van der Waals surface area (Å²) in [6.45, 7) is 0. The maximum atomic E-state index is 12.2. The summed E-state index contributed by atoms with van der Waals surface area (Å²) in [5.41, 5.74) is 0.319. The van der Waals surface area contributed by atoms with Gasteiger partial charge < -0.3 is 14.8 Å². The summed E-state index contributed by atoms with van der Waals surface area (Å²) < 4.78 is 33.2. The molecule has 1 aromatic rings. The normalized spacial score (nSPS) is 23.6. The van der Waals surface area contributed by atoms with Crippen LogP contribution >= 0.6 is 11.6 Å². The Bertz CT molecular complexity index is 624. The van der Waals surface area contributed by atoms with Gasteiger partial charge in [-0.1, -0.05) is 0 Å². The van der Waals surface area contributed by atoms with E-state index in [0.29, 0.717) is 17.1 Å². The van der Waals surface area contributed by atoms with Gasteiger partial charge in [-0.3, -0.25) is 4.79 Å². The van der Waals surface area contributed by atoms with E-state index in [9.17, 15) is 13.2 Å². The van der Waals surface area contributed by atoms with Gasteiger partial charge in [-0.25, -0.2) is 8.42 Å². The highest BCUT2D eigenvalue weighted by Crippen LogP contribution is 2.23. The molecule has 2 rings (SSSR count). The zero-order valence-electron chi connectivity index (χ0n) is 11.6. The van der Waals surface area contributed by atoms with E-state index in [1.54, 1.807) is 18.2 Å². The summed E-state index contributed by atoms with van der Waals surface area (Å²) in [7, 11) is -0.232. The number of carbonyl (C=O) groups excluding carboxylic acids is 1. The van der Waals surface area contributed by atoms with Gasteiger partial charge in [-0.2, -0.15) is 0 Å². The molecule has 1 aliphatic heterocycles. The summed E-state index contributed by atoms with van der Waals surface area (Å²) in [6.07, 6.45) is 0. The van der Waals surface area contributed by atoms with Crippen molar-refractivity contribution in [2.75, 3.05) is 25.7 Å². The van der Waals surface area contributed by atoms with Crippen molar-refractivity contribution in [3.05, 3.63) is 23.8 Å². The van der Waals surface area contributed by atoms with E-state index in [4.69, 9.17) is 21.1 Å². The van der Waals surface area contributed by atoms with Crippen molar-refractivity contribution < 1.29 is 22.7 Å². The number of amides is 1. The van der Waals surface area contributed by atoms with Gasteiger partial charge >= 0.3 is 0 Å². The van der Waals surface area contributed by atoms with Gasteiger partial charge in [-0.05, 0) is 12.1 Å². The molecule has 0 aliphatic carbocycles. The van der Waals surface area contributed by atoms with Gasteiger partial charge in [-0.15, -0.1) is 11.6 Å². The lowest BCUT2D eigenvalue weighted by Crippen LogP contribution is -2.40. The number of sulfone groups is 1. The number of alkyl halides is 1. The Kier molecular flexibility index (Phi) is 4.63. The molecule has 1 heterocycles. The molecule has 1 aromatic carbocycles. The quantitative estimate of drug-likeness (QED) is 0.826. The van der Waals surface area contributed by atoms with Crippen molar-refractivity contribution in [3.63, 3.8) is 0 Å². The van der Waals surface area contributed by atoms with Crippen molar-refractivity contribution >= 4 is 27.3 Å². The molecule has 6 nitrogen and oxygen atoms in total. The van der Waals surface area contributed by atoms with Crippen LogP contribution in [0.1, 0.15) is 10.4 Å². The first-order valence-corrected chi connectivity index (χ1v) is 8.49. The van der Waals surface area contributed by atoms with Crippen LogP contribution in [0, 0.1) is 0 Å². The zero-order valence-corrected chi connectivity index (χ0v) is 13.2. The number of nitrogens with one attached hydrogen (secondary N) is 1. The number of benzene rings is 1. The molecule has 1 N–H and O–H groups in total. The molecule has 0 unspecified atom stereocenters. The third kappa shape index (κ3) is 3.79. The Morgan fingerprint density at radius 3 is 2.19 bits per heavy atom. The van der Waals surface area contributed by atoms with Crippen LogP contribution in [-0.2, 0) is 9.84 Å². The maximum Gasteiger partial charge on any atom is 0.251 e. The Morgan fingerprint density at radius 1 is 1.19 bits per heavy atom. The lowest BCUT2D eigenvalue weighted by atomic mass is 10.1. The average molecular weight is 334 g/mol. The lowest BCUT2D eigenvalue weighted by Gasteiger charge is -2.15. The Morgan fingerprint density at radius 2 is 1.76 bits per heavy atom. The number of rotatable bonds is 4. The second-order valence-corrected chi connectivity index (χ2v) is 7.49.